The quantitative estimate of drug-likeness (QED) is 0.691. The molecule has 0 aliphatic heterocycles. The average Bonchev–Trinajstić information content (AvgIpc) is 2.07. The van der Waals surface area contributed by atoms with Gasteiger partial charge in [0.15, 0.2) is 0 Å². The monoisotopic (exact) mass is 146 g/mol. The highest BCUT2D eigenvalue weighted by molar-refractivity contribution is 5.44. The van der Waals surface area contributed by atoms with Crippen LogP contribution in [0.15, 0.2) is 42.6 Å². The lowest BCUT2D eigenvalue weighted by atomic mass is 10.3. The Kier molecular flexibility index (Phi) is 3.26. The molecule has 0 aromatic heterocycles. The van der Waals surface area contributed by atoms with Gasteiger partial charge in [-0.05, 0) is 31.7 Å². The van der Waals surface area contributed by atoms with Gasteiger partial charge in [-0.2, -0.15) is 0 Å². The van der Waals surface area contributed by atoms with Crippen LogP contribution in [0.3, 0.4) is 0 Å². The summed E-state index contributed by atoms with van der Waals surface area (Å²) >= 11 is 0. The molecule has 57 valence electrons. The lowest BCUT2D eigenvalue weighted by molar-refractivity contribution is 1.38. The highest BCUT2D eigenvalue weighted by Crippen LogP contribution is 2.04. The number of allylic oxidation sites excluding steroid dienone is 1. The molecule has 0 aliphatic carbocycles. The molecule has 0 fully saturated rings. The van der Waals surface area contributed by atoms with Gasteiger partial charge in [-0.25, -0.2) is 0 Å². The van der Waals surface area contributed by atoms with E-state index in [1.54, 1.807) is 0 Å². The van der Waals surface area contributed by atoms with E-state index in [2.05, 4.69) is 12.2 Å². The van der Waals surface area contributed by atoms with Gasteiger partial charge in [-0.3, -0.25) is 0 Å². The smallest absolute Gasteiger partial charge is 0.0379 e. The normalized spacial score (nSPS) is 10.3. The summed E-state index contributed by atoms with van der Waals surface area (Å²) in [6.45, 7) is 3.69. The van der Waals surface area contributed by atoms with E-state index in [0.29, 0.717) is 0 Å². The Balaban J connectivity index is 2.45. The number of anilines is 1. The minimum Gasteiger partial charge on any atom is -0.362 e. The van der Waals surface area contributed by atoms with Gasteiger partial charge in [0.2, 0.25) is 0 Å². The molecule has 1 aromatic carbocycles. The Morgan fingerprint density at radius 2 is 2.00 bits per heavy atom. The summed E-state index contributed by atoms with van der Waals surface area (Å²) in [7, 11) is 0. The van der Waals surface area contributed by atoms with E-state index in [1.807, 2.05) is 42.6 Å². The van der Waals surface area contributed by atoms with Crippen LogP contribution in [0.5, 0.6) is 0 Å². The van der Waals surface area contributed by atoms with Crippen LogP contribution in [-0.4, -0.2) is 0 Å². The molecule has 0 heterocycles. The van der Waals surface area contributed by atoms with Crippen molar-refractivity contribution in [3.8, 4) is 0 Å². The van der Waals surface area contributed by atoms with Crippen LogP contribution in [-0.2, 0) is 0 Å². The number of para-hydroxylation sites is 1. The zero-order valence-corrected chi connectivity index (χ0v) is 6.46. The molecule has 0 unspecified atom stereocenters. The van der Waals surface area contributed by atoms with Crippen LogP contribution in [0.4, 0.5) is 5.69 Å². The molecule has 1 N–H and O–H groups in total. The second-order valence-corrected chi connectivity index (χ2v) is 2.20. The minimum atomic E-state index is 0.819. The van der Waals surface area contributed by atoms with Gasteiger partial charge < -0.3 is 5.32 Å². The molecule has 0 saturated carbocycles. The predicted octanol–water partition coefficient (Wildman–Crippen LogP) is 2.84. The predicted molar refractivity (Wildman–Crippen MR) is 49.2 cm³/mol. The molecule has 1 aromatic rings. The van der Waals surface area contributed by atoms with Gasteiger partial charge in [0, 0.05) is 5.69 Å². The first-order chi connectivity index (χ1) is 5.43. The second-order valence-electron chi connectivity index (χ2n) is 2.20. The van der Waals surface area contributed by atoms with Crippen LogP contribution in [0.1, 0.15) is 6.42 Å². The van der Waals surface area contributed by atoms with Crippen molar-refractivity contribution in [3.63, 3.8) is 0 Å². The molecule has 1 heteroatoms. The SMILES string of the molecule is [CH2]C/C=C/Nc1ccccc1. The summed E-state index contributed by atoms with van der Waals surface area (Å²) < 4.78 is 0. The maximum absolute atomic E-state index is 3.69. The van der Waals surface area contributed by atoms with E-state index in [1.165, 1.54) is 0 Å². The minimum absolute atomic E-state index is 0.819. The molecule has 1 radical (unpaired) electrons. The van der Waals surface area contributed by atoms with Gasteiger partial charge in [0.1, 0.15) is 0 Å². The molecule has 1 rings (SSSR count). The maximum atomic E-state index is 3.69. The Bertz CT molecular complexity index is 214. The lowest BCUT2D eigenvalue weighted by Crippen LogP contribution is -1.84. The van der Waals surface area contributed by atoms with E-state index in [9.17, 15) is 0 Å². The second kappa shape index (κ2) is 4.56. The third kappa shape index (κ3) is 2.89. The molecular weight excluding hydrogens is 134 g/mol. The van der Waals surface area contributed by atoms with Crippen molar-refractivity contribution < 1.29 is 0 Å². The summed E-state index contributed by atoms with van der Waals surface area (Å²) in [6.07, 6.45) is 4.70. The third-order valence-electron chi connectivity index (χ3n) is 1.31. The molecule has 0 aliphatic rings. The largest absolute Gasteiger partial charge is 0.362 e. The maximum Gasteiger partial charge on any atom is 0.0379 e. The topological polar surface area (TPSA) is 12.0 Å². The first kappa shape index (κ1) is 7.86. The van der Waals surface area contributed by atoms with Crippen molar-refractivity contribution in [2.45, 2.75) is 6.42 Å². The van der Waals surface area contributed by atoms with Gasteiger partial charge in [-0.15, -0.1) is 0 Å². The van der Waals surface area contributed by atoms with E-state index in [4.69, 9.17) is 0 Å². The Hall–Kier alpha value is -1.24. The van der Waals surface area contributed by atoms with Gasteiger partial charge in [0.05, 0.1) is 0 Å². The van der Waals surface area contributed by atoms with Crippen molar-refractivity contribution in [2.75, 3.05) is 5.32 Å². The van der Waals surface area contributed by atoms with Crippen molar-refractivity contribution in [1.29, 1.82) is 0 Å². The van der Waals surface area contributed by atoms with Crippen molar-refractivity contribution >= 4 is 5.69 Å². The number of hydrogen-bond acceptors (Lipinski definition) is 1. The van der Waals surface area contributed by atoms with Crippen molar-refractivity contribution in [2.24, 2.45) is 0 Å². The fourth-order valence-electron chi connectivity index (χ4n) is 0.773. The van der Waals surface area contributed by atoms with E-state index >= 15 is 0 Å². The summed E-state index contributed by atoms with van der Waals surface area (Å²) in [6, 6.07) is 10.0. The van der Waals surface area contributed by atoms with E-state index in [0.717, 1.165) is 12.1 Å². The Morgan fingerprint density at radius 1 is 1.27 bits per heavy atom. The number of rotatable bonds is 3. The highest BCUT2D eigenvalue weighted by atomic mass is 14.8. The zero-order chi connectivity index (χ0) is 7.94. The van der Waals surface area contributed by atoms with Crippen LogP contribution in [0, 0.1) is 6.92 Å². The van der Waals surface area contributed by atoms with Gasteiger partial charge in [-0.1, -0.05) is 24.3 Å². The first-order valence-corrected chi connectivity index (χ1v) is 3.69. The van der Waals surface area contributed by atoms with Gasteiger partial charge >= 0.3 is 0 Å². The van der Waals surface area contributed by atoms with Crippen molar-refractivity contribution in [3.05, 3.63) is 49.5 Å². The average molecular weight is 146 g/mol. The van der Waals surface area contributed by atoms with Crippen LogP contribution in [0.25, 0.3) is 0 Å². The van der Waals surface area contributed by atoms with Crippen LogP contribution in [0.2, 0.25) is 0 Å². The van der Waals surface area contributed by atoms with Crippen molar-refractivity contribution in [1.82, 2.24) is 0 Å². The fraction of sp³-hybridized carbons (Fsp3) is 0.100. The standard InChI is InChI=1S/C10H12N/c1-2-3-9-11-10-7-5-4-6-8-10/h3-9,11H,1-2H2/b9-3+. The molecular formula is C10H12N. The molecule has 11 heavy (non-hydrogen) atoms. The number of nitrogens with one attached hydrogen (secondary N) is 1. The number of benzene rings is 1. The molecule has 0 saturated heterocycles. The molecule has 0 amide bonds. The summed E-state index contributed by atoms with van der Waals surface area (Å²) in [4.78, 5) is 0. The molecule has 0 bridgehead atoms. The highest BCUT2D eigenvalue weighted by Gasteiger charge is 1.81. The summed E-state index contributed by atoms with van der Waals surface area (Å²) in [5, 5.41) is 3.12. The fourth-order valence-corrected chi connectivity index (χ4v) is 0.773. The number of hydrogen-bond donors (Lipinski definition) is 1. The molecule has 1 nitrogen and oxygen atoms in total. The summed E-state index contributed by atoms with van der Waals surface area (Å²) in [5.74, 6) is 0. The Labute approximate surface area is 67.8 Å². The molecule has 0 atom stereocenters. The van der Waals surface area contributed by atoms with Gasteiger partial charge in [0.25, 0.3) is 0 Å². The van der Waals surface area contributed by atoms with Crippen LogP contribution >= 0.6 is 0 Å². The third-order valence-corrected chi connectivity index (χ3v) is 1.31. The van der Waals surface area contributed by atoms with Crippen LogP contribution < -0.4 is 5.32 Å². The molecule has 0 spiro atoms. The van der Waals surface area contributed by atoms with E-state index in [-0.39, 0.29) is 0 Å². The Morgan fingerprint density at radius 3 is 2.64 bits per heavy atom. The zero-order valence-electron chi connectivity index (χ0n) is 6.46. The summed E-state index contributed by atoms with van der Waals surface area (Å²) in [5.41, 5.74) is 1.11. The van der Waals surface area contributed by atoms with E-state index < -0.39 is 0 Å². The first-order valence-electron chi connectivity index (χ1n) is 3.69. The lowest BCUT2D eigenvalue weighted by Gasteiger charge is -1.97.